The van der Waals surface area contributed by atoms with Gasteiger partial charge in [0, 0.05) is 22.3 Å². The van der Waals surface area contributed by atoms with E-state index in [2.05, 4.69) is 0 Å². The molecule has 0 saturated heterocycles. The van der Waals surface area contributed by atoms with Crippen LogP contribution in [0.15, 0.2) is 36.4 Å². The van der Waals surface area contributed by atoms with Gasteiger partial charge in [-0.3, -0.25) is 4.79 Å². The minimum atomic E-state index is 0.0431. The number of carbonyl (C=O) groups is 1. The molecular weight excluding hydrogens is 228 g/mol. The smallest absolute Gasteiger partial charge is 0.194 e. The Morgan fingerprint density at radius 2 is 1.72 bits per heavy atom. The fourth-order valence-corrected chi connectivity index (χ4v) is 2.37. The molecule has 3 nitrogen and oxygen atoms in total. The van der Waals surface area contributed by atoms with Gasteiger partial charge in [0.2, 0.25) is 0 Å². The van der Waals surface area contributed by atoms with E-state index in [1.807, 2.05) is 24.3 Å². The van der Waals surface area contributed by atoms with Gasteiger partial charge in [0.05, 0.1) is 14.2 Å². The summed E-state index contributed by atoms with van der Waals surface area (Å²) in [7, 11) is 3.22. The predicted molar refractivity (Wildman–Crippen MR) is 68.4 cm³/mol. The number of benzene rings is 2. The van der Waals surface area contributed by atoms with Crippen molar-refractivity contribution in [1.29, 1.82) is 0 Å². The Morgan fingerprint density at radius 3 is 2.44 bits per heavy atom. The third-order valence-electron chi connectivity index (χ3n) is 3.23. The van der Waals surface area contributed by atoms with E-state index in [9.17, 15) is 4.79 Å². The Labute approximate surface area is 105 Å². The number of ether oxygens (including phenoxy) is 2. The molecule has 0 radical (unpaired) electrons. The van der Waals surface area contributed by atoms with Crippen molar-refractivity contribution in [3.63, 3.8) is 0 Å². The van der Waals surface area contributed by atoms with E-state index in [1.165, 1.54) is 0 Å². The second-order valence-electron chi connectivity index (χ2n) is 4.12. The summed E-state index contributed by atoms with van der Waals surface area (Å²) < 4.78 is 10.6. The monoisotopic (exact) mass is 240 g/mol. The normalized spacial score (nSPS) is 12.0. The van der Waals surface area contributed by atoms with Crippen molar-refractivity contribution in [1.82, 2.24) is 0 Å². The molecule has 90 valence electrons. The van der Waals surface area contributed by atoms with Gasteiger partial charge in [-0.1, -0.05) is 12.1 Å². The first kappa shape index (κ1) is 10.8. The summed E-state index contributed by atoms with van der Waals surface area (Å²) in [6.07, 6.45) is 0. The second-order valence-corrected chi connectivity index (χ2v) is 4.12. The molecule has 18 heavy (non-hydrogen) atoms. The van der Waals surface area contributed by atoms with Crippen LogP contribution in [0.3, 0.4) is 0 Å². The first-order chi connectivity index (χ1) is 8.76. The van der Waals surface area contributed by atoms with Gasteiger partial charge in [-0.2, -0.15) is 0 Å². The quantitative estimate of drug-likeness (QED) is 0.691. The van der Waals surface area contributed by atoms with Crippen LogP contribution in [0.5, 0.6) is 11.5 Å². The molecule has 1 aliphatic carbocycles. The van der Waals surface area contributed by atoms with Crippen molar-refractivity contribution in [3.8, 4) is 22.6 Å². The van der Waals surface area contributed by atoms with Crippen molar-refractivity contribution in [2.45, 2.75) is 0 Å². The van der Waals surface area contributed by atoms with Crippen LogP contribution in [0, 0.1) is 0 Å². The molecule has 0 unspecified atom stereocenters. The third kappa shape index (κ3) is 1.34. The molecule has 2 aromatic rings. The Bertz CT molecular complexity index is 644. The minimum Gasteiger partial charge on any atom is -0.497 e. The average Bonchev–Trinajstić information content (AvgIpc) is 2.72. The van der Waals surface area contributed by atoms with Gasteiger partial charge in [0.25, 0.3) is 0 Å². The molecular formula is C15H12O3. The lowest BCUT2D eigenvalue weighted by Gasteiger charge is -2.08. The van der Waals surface area contributed by atoms with Crippen LogP contribution in [0.4, 0.5) is 0 Å². The fraction of sp³-hybridized carbons (Fsp3) is 0.133. The summed E-state index contributed by atoms with van der Waals surface area (Å²) in [5.74, 6) is 1.50. The Kier molecular flexibility index (Phi) is 2.33. The Balaban J connectivity index is 2.33. The highest BCUT2D eigenvalue weighted by molar-refractivity contribution is 6.22. The summed E-state index contributed by atoms with van der Waals surface area (Å²) in [6, 6.07) is 11.0. The molecule has 0 aliphatic heterocycles. The maximum atomic E-state index is 12.3. The lowest BCUT2D eigenvalue weighted by molar-refractivity contribution is 0.104. The van der Waals surface area contributed by atoms with Crippen molar-refractivity contribution in [2.24, 2.45) is 0 Å². The number of methoxy groups -OCH3 is 2. The highest BCUT2D eigenvalue weighted by Gasteiger charge is 2.29. The van der Waals surface area contributed by atoms with E-state index in [0.29, 0.717) is 16.9 Å². The second kappa shape index (κ2) is 3.88. The summed E-state index contributed by atoms with van der Waals surface area (Å²) in [5.41, 5.74) is 3.14. The van der Waals surface area contributed by atoms with Crippen LogP contribution in [0.2, 0.25) is 0 Å². The van der Waals surface area contributed by atoms with Gasteiger partial charge in [0.15, 0.2) is 5.78 Å². The van der Waals surface area contributed by atoms with Crippen molar-refractivity contribution in [3.05, 3.63) is 47.5 Å². The molecule has 0 aromatic heterocycles. The lowest BCUT2D eigenvalue weighted by Crippen LogP contribution is -1.95. The lowest BCUT2D eigenvalue weighted by atomic mass is 10.0. The van der Waals surface area contributed by atoms with Crippen LogP contribution >= 0.6 is 0 Å². The number of hydrogen-bond donors (Lipinski definition) is 0. The van der Waals surface area contributed by atoms with E-state index in [4.69, 9.17) is 9.47 Å². The maximum absolute atomic E-state index is 12.3. The largest absolute Gasteiger partial charge is 0.497 e. The van der Waals surface area contributed by atoms with Gasteiger partial charge in [-0.15, -0.1) is 0 Å². The van der Waals surface area contributed by atoms with Crippen molar-refractivity contribution < 1.29 is 14.3 Å². The summed E-state index contributed by atoms with van der Waals surface area (Å²) >= 11 is 0. The Hall–Kier alpha value is -2.29. The van der Waals surface area contributed by atoms with Gasteiger partial charge < -0.3 is 9.47 Å². The average molecular weight is 240 g/mol. The minimum absolute atomic E-state index is 0.0431. The van der Waals surface area contributed by atoms with Crippen LogP contribution in [-0.2, 0) is 0 Å². The first-order valence-corrected chi connectivity index (χ1v) is 5.66. The standard InChI is InChI=1S/C15H12O3/c1-17-9-6-7-10-12(8-9)14-11(15(10)16)4-3-5-13(14)18-2/h3-8H,1-2H3. The molecule has 0 bridgehead atoms. The summed E-state index contributed by atoms with van der Waals surface area (Å²) in [5, 5.41) is 0. The zero-order valence-electron chi connectivity index (χ0n) is 10.2. The van der Waals surface area contributed by atoms with E-state index in [-0.39, 0.29) is 5.78 Å². The van der Waals surface area contributed by atoms with Gasteiger partial charge >= 0.3 is 0 Å². The van der Waals surface area contributed by atoms with Crippen molar-refractivity contribution >= 4 is 5.78 Å². The number of carbonyl (C=O) groups excluding carboxylic acids is 1. The highest BCUT2D eigenvalue weighted by atomic mass is 16.5. The number of rotatable bonds is 2. The number of fused-ring (bicyclic) bond motifs is 3. The van der Waals surface area contributed by atoms with Gasteiger partial charge in [-0.05, 0) is 24.3 Å². The topological polar surface area (TPSA) is 35.5 Å². The molecule has 0 amide bonds. The zero-order valence-corrected chi connectivity index (χ0v) is 10.2. The molecule has 0 atom stereocenters. The molecule has 0 spiro atoms. The summed E-state index contributed by atoms with van der Waals surface area (Å²) in [4.78, 5) is 12.3. The number of hydrogen-bond acceptors (Lipinski definition) is 3. The third-order valence-corrected chi connectivity index (χ3v) is 3.23. The fourth-order valence-electron chi connectivity index (χ4n) is 2.37. The molecule has 0 N–H and O–H groups in total. The van der Waals surface area contributed by atoms with E-state index < -0.39 is 0 Å². The van der Waals surface area contributed by atoms with Crippen molar-refractivity contribution in [2.75, 3.05) is 14.2 Å². The maximum Gasteiger partial charge on any atom is 0.194 e. The van der Waals surface area contributed by atoms with Crippen LogP contribution in [-0.4, -0.2) is 20.0 Å². The SMILES string of the molecule is COc1ccc2c(c1)-c1c(OC)cccc1C2=O. The Morgan fingerprint density at radius 1 is 0.889 bits per heavy atom. The predicted octanol–water partition coefficient (Wildman–Crippen LogP) is 2.92. The van der Waals surface area contributed by atoms with Crippen LogP contribution < -0.4 is 9.47 Å². The number of ketones is 1. The molecule has 3 rings (SSSR count). The van der Waals surface area contributed by atoms with Gasteiger partial charge in [0.1, 0.15) is 11.5 Å². The van der Waals surface area contributed by atoms with E-state index >= 15 is 0 Å². The molecule has 2 aromatic carbocycles. The molecule has 3 heteroatoms. The first-order valence-electron chi connectivity index (χ1n) is 5.66. The molecule has 0 fully saturated rings. The molecule has 1 aliphatic rings. The van der Waals surface area contributed by atoms with Crippen LogP contribution in [0.1, 0.15) is 15.9 Å². The van der Waals surface area contributed by atoms with E-state index in [0.717, 1.165) is 16.9 Å². The summed E-state index contributed by atoms with van der Waals surface area (Å²) in [6.45, 7) is 0. The van der Waals surface area contributed by atoms with Gasteiger partial charge in [-0.25, -0.2) is 0 Å². The van der Waals surface area contributed by atoms with Crippen LogP contribution in [0.25, 0.3) is 11.1 Å². The molecule has 0 heterocycles. The zero-order chi connectivity index (χ0) is 12.7. The molecule has 0 saturated carbocycles. The van der Waals surface area contributed by atoms with E-state index in [1.54, 1.807) is 26.4 Å². The highest BCUT2D eigenvalue weighted by Crippen LogP contribution is 2.43.